The Labute approximate surface area is 76.3 Å². The molecule has 0 amide bonds. The average molecular weight is 183 g/mol. The molecular weight excluding hydrogens is 170 g/mol. The smallest absolute Gasteiger partial charge is 0.304 e. The molecule has 13 heavy (non-hydrogen) atoms. The number of hydrogen-bond acceptors (Lipinski definition) is 3. The van der Waals surface area contributed by atoms with Crippen molar-refractivity contribution in [2.45, 2.75) is 19.3 Å². The number of carbonyl (C=O) groups is 1. The lowest BCUT2D eigenvalue weighted by Gasteiger charge is -2.07. The zero-order valence-corrected chi connectivity index (χ0v) is 7.49. The van der Waals surface area contributed by atoms with E-state index < -0.39 is 5.97 Å². The topological polar surface area (TPSA) is 76.5 Å². The van der Waals surface area contributed by atoms with E-state index in [1.165, 1.54) is 0 Å². The summed E-state index contributed by atoms with van der Waals surface area (Å²) >= 11 is 0. The summed E-state index contributed by atoms with van der Waals surface area (Å²) in [6.07, 6.45) is 0.0173. The minimum atomic E-state index is -0.857. The number of nitrogens with two attached hydrogens (primary N) is 1. The highest BCUT2D eigenvalue weighted by Gasteiger charge is 2.16. The largest absolute Gasteiger partial charge is 0.481 e. The van der Waals surface area contributed by atoms with Crippen molar-refractivity contribution < 1.29 is 14.3 Å². The highest BCUT2D eigenvalue weighted by atomic mass is 16.4. The van der Waals surface area contributed by atoms with Gasteiger partial charge in [-0.2, -0.15) is 0 Å². The molecule has 4 nitrogen and oxygen atoms in total. The monoisotopic (exact) mass is 183 g/mol. The Balaban J connectivity index is 2.72. The number of rotatable bonds is 4. The van der Waals surface area contributed by atoms with E-state index in [0.717, 1.165) is 5.76 Å². The minimum Gasteiger partial charge on any atom is -0.481 e. The van der Waals surface area contributed by atoms with E-state index in [-0.39, 0.29) is 12.3 Å². The number of furan rings is 1. The fourth-order valence-corrected chi connectivity index (χ4v) is 1.18. The summed E-state index contributed by atoms with van der Waals surface area (Å²) in [5, 5.41) is 8.59. The summed E-state index contributed by atoms with van der Waals surface area (Å²) < 4.78 is 5.29. The quantitative estimate of drug-likeness (QED) is 0.732. The zero-order chi connectivity index (χ0) is 9.84. The molecule has 72 valence electrons. The normalized spacial score (nSPS) is 12.8. The van der Waals surface area contributed by atoms with Crippen LogP contribution in [0.15, 0.2) is 16.5 Å². The Kier molecular flexibility index (Phi) is 3.08. The van der Waals surface area contributed by atoms with E-state index in [4.69, 9.17) is 15.3 Å². The summed E-state index contributed by atoms with van der Waals surface area (Å²) in [4.78, 5) is 10.5. The Morgan fingerprint density at radius 1 is 1.69 bits per heavy atom. The molecule has 0 spiro atoms. The van der Waals surface area contributed by atoms with Gasteiger partial charge >= 0.3 is 5.97 Å². The zero-order valence-electron chi connectivity index (χ0n) is 7.49. The van der Waals surface area contributed by atoms with Crippen LogP contribution in [0.2, 0.25) is 0 Å². The molecule has 0 aliphatic rings. The third-order valence-electron chi connectivity index (χ3n) is 1.87. The molecule has 4 heteroatoms. The predicted octanol–water partition coefficient (Wildman–Crippen LogP) is 1.11. The standard InChI is InChI=1S/C9H13NO3/c1-6-2-3-8(13-6)7(5-10)4-9(11)12/h2-3,7H,4-5,10H2,1H3,(H,11,12)/t7-/m1/s1. The first kappa shape index (κ1) is 9.80. The van der Waals surface area contributed by atoms with Crippen molar-refractivity contribution in [3.8, 4) is 0 Å². The highest BCUT2D eigenvalue weighted by molar-refractivity contribution is 5.67. The van der Waals surface area contributed by atoms with Crippen LogP contribution in [0.1, 0.15) is 23.9 Å². The molecule has 0 bridgehead atoms. The molecule has 0 radical (unpaired) electrons. The van der Waals surface area contributed by atoms with Gasteiger partial charge in [0.05, 0.1) is 6.42 Å². The van der Waals surface area contributed by atoms with Crippen molar-refractivity contribution in [2.75, 3.05) is 6.54 Å². The van der Waals surface area contributed by atoms with Crippen molar-refractivity contribution in [2.24, 2.45) is 5.73 Å². The molecule has 0 unspecified atom stereocenters. The Bertz CT molecular complexity index is 293. The molecule has 0 aromatic carbocycles. The summed E-state index contributed by atoms with van der Waals surface area (Å²) in [5.41, 5.74) is 5.44. The van der Waals surface area contributed by atoms with Gasteiger partial charge in [0.1, 0.15) is 11.5 Å². The average Bonchev–Trinajstić information content (AvgIpc) is 2.47. The molecule has 1 heterocycles. The van der Waals surface area contributed by atoms with E-state index >= 15 is 0 Å². The molecule has 0 fully saturated rings. The first-order chi connectivity index (χ1) is 6.13. The number of carboxylic acids is 1. The molecule has 0 aliphatic carbocycles. The number of aliphatic carboxylic acids is 1. The molecule has 1 aromatic rings. The predicted molar refractivity (Wildman–Crippen MR) is 47.5 cm³/mol. The SMILES string of the molecule is Cc1ccc([C@@H](CN)CC(=O)O)o1. The maximum Gasteiger partial charge on any atom is 0.304 e. The third kappa shape index (κ3) is 2.59. The highest BCUT2D eigenvalue weighted by Crippen LogP contribution is 2.20. The second-order valence-corrected chi connectivity index (χ2v) is 2.98. The lowest BCUT2D eigenvalue weighted by molar-refractivity contribution is -0.137. The van der Waals surface area contributed by atoms with E-state index in [1.54, 1.807) is 12.1 Å². The molecule has 1 aromatic heterocycles. The van der Waals surface area contributed by atoms with Gasteiger partial charge in [-0.25, -0.2) is 0 Å². The molecule has 1 rings (SSSR count). The molecule has 0 aliphatic heterocycles. The van der Waals surface area contributed by atoms with Crippen LogP contribution in [0.25, 0.3) is 0 Å². The maximum atomic E-state index is 10.5. The van der Waals surface area contributed by atoms with E-state index in [9.17, 15) is 4.79 Å². The van der Waals surface area contributed by atoms with E-state index in [2.05, 4.69) is 0 Å². The van der Waals surface area contributed by atoms with Crippen LogP contribution < -0.4 is 5.73 Å². The van der Waals surface area contributed by atoms with Gasteiger partial charge in [-0.1, -0.05) is 0 Å². The molecule has 1 atom stereocenters. The van der Waals surface area contributed by atoms with Crippen LogP contribution in [0.4, 0.5) is 0 Å². The van der Waals surface area contributed by atoms with Crippen LogP contribution in [-0.2, 0) is 4.79 Å². The van der Waals surface area contributed by atoms with Crippen molar-refractivity contribution in [3.05, 3.63) is 23.7 Å². The maximum absolute atomic E-state index is 10.5. The number of carboxylic acid groups (broad SMARTS) is 1. The first-order valence-corrected chi connectivity index (χ1v) is 4.11. The lowest BCUT2D eigenvalue weighted by atomic mass is 10.0. The lowest BCUT2D eigenvalue weighted by Crippen LogP contribution is -2.15. The van der Waals surface area contributed by atoms with Gasteiger partial charge < -0.3 is 15.3 Å². The molecule has 0 saturated heterocycles. The van der Waals surface area contributed by atoms with Gasteiger partial charge in [0, 0.05) is 12.5 Å². The fourth-order valence-electron chi connectivity index (χ4n) is 1.18. The van der Waals surface area contributed by atoms with Crippen LogP contribution in [0.5, 0.6) is 0 Å². The summed E-state index contributed by atoms with van der Waals surface area (Å²) in [6.45, 7) is 2.11. The van der Waals surface area contributed by atoms with Crippen molar-refractivity contribution in [1.82, 2.24) is 0 Å². The Hall–Kier alpha value is -1.29. The third-order valence-corrected chi connectivity index (χ3v) is 1.87. The van der Waals surface area contributed by atoms with Gasteiger partial charge in [0.2, 0.25) is 0 Å². The summed E-state index contributed by atoms with van der Waals surface area (Å²) in [6, 6.07) is 3.58. The summed E-state index contributed by atoms with van der Waals surface area (Å²) in [5.74, 6) is 0.358. The van der Waals surface area contributed by atoms with Gasteiger partial charge in [-0.15, -0.1) is 0 Å². The van der Waals surface area contributed by atoms with E-state index in [0.29, 0.717) is 12.3 Å². The molecule has 3 N–H and O–H groups in total. The van der Waals surface area contributed by atoms with Crippen molar-refractivity contribution >= 4 is 5.97 Å². The van der Waals surface area contributed by atoms with Gasteiger partial charge in [0.25, 0.3) is 0 Å². The van der Waals surface area contributed by atoms with E-state index in [1.807, 2.05) is 6.92 Å². The van der Waals surface area contributed by atoms with Crippen molar-refractivity contribution in [3.63, 3.8) is 0 Å². The summed E-state index contributed by atoms with van der Waals surface area (Å²) in [7, 11) is 0. The Morgan fingerprint density at radius 3 is 2.77 bits per heavy atom. The molecular formula is C9H13NO3. The van der Waals surface area contributed by atoms with Crippen LogP contribution in [-0.4, -0.2) is 17.6 Å². The second-order valence-electron chi connectivity index (χ2n) is 2.98. The van der Waals surface area contributed by atoms with Gasteiger partial charge in [0.15, 0.2) is 0 Å². The number of aryl methyl sites for hydroxylation is 1. The minimum absolute atomic E-state index is 0.0173. The first-order valence-electron chi connectivity index (χ1n) is 4.11. The number of hydrogen-bond donors (Lipinski definition) is 2. The van der Waals surface area contributed by atoms with Crippen molar-refractivity contribution in [1.29, 1.82) is 0 Å². The second kappa shape index (κ2) is 4.09. The molecule has 0 saturated carbocycles. The fraction of sp³-hybridized carbons (Fsp3) is 0.444. The Morgan fingerprint density at radius 2 is 2.38 bits per heavy atom. The van der Waals surface area contributed by atoms with Crippen LogP contribution in [0, 0.1) is 6.92 Å². The van der Waals surface area contributed by atoms with Gasteiger partial charge in [-0.05, 0) is 19.1 Å². The van der Waals surface area contributed by atoms with Gasteiger partial charge in [-0.3, -0.25) is 4.79 Å². The van der Waals surface area contributed by atoms with Crippen LogP contribution in [0.3, 0.4) is 0 Å². The van der Waals surface area contributed by atoms with Crippen LogP contribution >= 0.6 is 0 Å².